The molecular formula is C30H38N+. The number of allylic oxidation sites excluding steroid dienone is 2. The number of hydrogen-bond acceptors (Lipinski definition) is 0. The van der Waals surface area contributed by atoms with E-state index in [0.717, 1.165) is 24.1 Å². The molecule has 0 N–H and O–H groups in total. The Morgan fingerprint density at radius 2 is 0.968 bits per heavy atom. The molecule has 0 saturated carbocycles. The topological polar surface area (TPSA) is 0 Å². The Kier molecular flexibility index (Phi) is 9.60. The van der Waals surface area contributed by atoms with E-state index in [4.69, 9.17) is 0 Å². The van der Waals surface area contributed by atoms with Crippen molar-refractivity contribution >= 4 is 0 Å². The highest BCUT2D eigenvalue weighted by atomic mass is 15.3. The van der Waals surface area contributed by atoms with Crippen LogP contribution in [0.5, 0.6) is 0 Å². The molecule has 3 aromatic carbocycles. The quantitative estimate of drug-likeness (QED) is 0.152. The Hall–Kier alpha value is -2.64. The van der Waals surface area contributed by atoms with Crippen molar-refractivity contribution in [2.24, 2.45) is 0 Å². The van der Waals surface area contributed by atoms with E-state index in [1.165, 1.54) is 55.3 Å². The van der Waals surface area contributed by atoms with Crippen LogP contribution in [0.15, 0.2) is 103 Å². The summed E-state index contributed by atoms with van der Waals surface area (Å²) in [5.41, 5.74) is 4.28. The fourth-order valence-corrected chi connectivity index (χ4v) is 4.43. The molecule has 0 aliphatic heterocycles. The lowest BCUT2D eigenvalue weighted by molar-refractivity contribution is -0.966. The molecule has 1 nitrogen and oxygen atoms in total. The lowest BCUT2D eigenvalue weighted by Gasteiger charge is -2.39. The average Bonchev–Trinajstić information content (AvgIpc) is 2.80. The second kappa shape index (κ2) is 12.9. The molecule has 31 heavy (non-hydrogen) atoms. The molecule has 0 atom stereocenters. The van der Waals surface area contributed by atoms with Gasteiger partial charge >= 0.3 is 0 Å². The minimum Gasteiger partial charge on any atom is -0.312 e. The summed E-state index contributed by atoms with van der Waals surface area (Å²) in [7, 11) is 0. The highest BCUT2D eigenvalue weighted by molar-refractivity contribution is 5.17. The Morgan fingerprint density at radius 1 is 0.548 bits per heavy atom. The molecule has 3 rings (SSSR count). The molecule has 0 spiro atoms. The van der Waals surface area contributed by atoms with Crippen LogP contribution in [-0.2, 0) is 19.6 Å². The molecule has 0 amide bonds. The molecule has 0 aromatic heterocycles. The molecule has 1 heteroatoms. The van der Waals surface area contributed by atoms with Gasteiger partial charge in [-0.3, -0.25) is 0 Å². The summed E-state index contributed by atoms with van der Waals surface area (Å²) in [5, 5.41) is 0. The monoisotopic (exact) mass is 412 g/mol. The first-order valence-corrected chi connectivity index (χ1v) is 11.9. The highest BCUT2D eigenvalue weighted by Gasteiger charge is 2.28. The van der Waals surface area contributed by atoms with Crippen molar-refractivity contribution in [1.29, 1.82) is 0 Å². The Balaban J connectivity index is 1.81. The third-order valence-corrected chi connectivity index (χ3v) is 5.96. The van der Waals surface area contributed by atoms with Crippen LogP contribution < -0.4 is 0 Å². The summed E-state index contributed by atoms with van der Waals surface area (Å²) in [4.78, 5) is 0. The van der Waals surface area contributed by atoms with Gasteiger partial charge in [0.25, 0.3) is 0 Å². The van der Waals surface area contributed by atoms with Gasteiger partial charge in [-0.1, -0.05) is 116 Å². The molecule has 0 fully saturated rings. The minimum atomic E-state index is 1.07. The minimum absolute atomic E-state index is 1.07. The molecule has 3 aromatic rings. The van der Waals surface area contributed by atoms with Crippen LogP contribution in [0.2, 0.25) is 0 Å². The van der Waals surface area contributed by atoms with Gasteiger partial charge in [-0.05, 0) is 25.7 Å². The van der Waals surface area contributed by atoms with E-state index in [9.17, 15) is 0 Å². The fraction of sp³-hybridized carbons (Fsp3) is 0.333. The smallest absolute Gasteiger partial charge is 0.105 e. The van der Waals surface area contributed by atoms with Gasteiger partial charge in [0.15, 0.2) is 0 Å². The maximum absolute atomic E-state index is 2.38. The first-order chi connectivity index (χ1) is 15.3. The number of unbranched alkanes of at least 4 members (excludes halogenated alkanes) is 3. The molecule has 0 aliphatic carbocycles. The Morgan fingerprint density at radius 3 is 1.39 bits per heavy atom. The number of hydrogen-bond donors (Lipinski definition) is 0. The predicted octanol–water partition coefficient (Wildman–Crippen LogP) is 7.93. The van der Waals surface area contributed by atoms with E-state index in [-0.39, 0.29) is 0 Å². The normalized spacial score (nSPS) is 11.8. The van der Waals surface area contributed by atoms with Gasteiger partial charge in [0.05, 0.1) is 6.54 Å². The first-order valence-electron chi connectivity index (χ1n) is 11.9. The van der Waals surface area contributed by atoms with Crippen LogP contribution in [0.4, 0.5) is 0 Å². The van der Waals surface area contributed by atoms with Crippen molar-refractivity contribution in [3.8, 4) is 0 Å². The third-order valence-electron chi connectivity index (χ3n) is 5.96. The average molecular weight is 413 g/mol. The van der Waals surface area contributed by atoms with Gasteiger partial charge < -0.3 is 4.48 Å². The number of quaternary nitrogens is 1. The summed E-state index contributed by atoms with van der Waals surface area (Å²) in [5.74, 6) is 0. The zero-order valence-electron chi connectivity index (χ0n) is 19.1. The molecule has 162 valence electrons. The van der Waals surface area contributed by atoms with Crippen LogP contribution in [0.1, 0.15) is 55.7 Å². The number of nitrogens with zero attached hydrogens (tertiary/aromatic N) is 1. The highest BCUT2D eigenvalue weighted by Crippen LogP contribution is 2.25. The van der Waals surface area contributed by atoms with Crippen molar-refractivity contribution in [3.63, 3.8) is 0 Å². The van der Waals surface area contributed by atoms with Gasteiger partial charge in [-0.15, -0.1) is 0 Å². The first kappa shape index (κ1) is 23.0. The second-order valence-corrected chi connectivity index (χ2v) is 8.75. The van der Waals surface area contributed by atoms with Crippen molar-refractivity contribution in [3.05, 3.63) is 120 Å². The third kappa shape index (κ3) is 8.19. The van der Waals surface area contributed by atoms with Gasteiger partial charge in [0.2, 0.25) is 0 Å². The Bertz CT molecular complexity index is 767. The maximum atomic E-state index is 2.38. The number of benzene rings is 3. The Labute approximate surface area is 189 Å². The van der Waals surface area contributed by atoms with Gasteiger partial charge in [-0.25, -0.2) is 0 Å². The van der Waals surface area contributed by atoms with E-state index < -0.39 is 0 Å². The van der Waals surface area contributed by atoms with Crippen molar-refractivity contribution in [2.45, 2.75) is 58.7 Å². The van der Waals surface area contributed by atoms with Gasteiger partial charge in [0.1, 0.15) is 19.6 Å². The van der Waals surface area contributed by atoms with Crippen LogP contribution >= 0.6 is 0 Å². The van der Waals surface area contributed by atoms with Crippen molar-refractivity contribution in [1.82, 2.24) is 0 Å². The molecule has 0 heterocycles. The van der Waals surface area contributed by atoms with Crippen LogP contribution in [0, 0.1) is 0 Å². The zero-order chi connectivity index (χ0) is 21.6. The van der Waals surface area contributed by atoms with E-state index in [2.05, 4.69) is 110 Å². The lowest BCUT2D eigenvalue weighted by atomic mass is 10.1. The van der Waals surface area contributed by atoms with Gasteiger partial charge in [0, 0.05) is 16.7 Å². The van der Waals surface area contributed by atoms with Crippen LogP contribution in [0.25, 0.3) is 0 Å². The second-order valence-electron chi connectivity index (χ2n) is 8.75. The summed E-state index contributed by atoms with van der Waals surface area (Å²) in [6.45, 7) is 6.64. The molecule has 0 aliphatic rings. The fourth-order valence-electron chi connectivity index (χ4n) is 4.43. The zero-order valence-corrected chi connectivity index (χ0v) is 19.1. The van der Waals surface area contributed by atoms with E-state index in [0.29, 0.717) is 0 Å². The van der Waals surface area contributed by atoms with E-state index in [1.807, 2.05) is 0 Å². The molecule has 0 saturated heterocycles. The SMILES string of the molecule is CCC/C=C/CCCC[N+](Cc1ccccc1)(Cc1ccccc1)Cc1ccccc1. The van der Waals surface area contributed by atoms with Crippen LogP contribution in [-0.4, -0.2) is 11.0 Å². The number of rotatable bonds is 13. The van der Waals surface area contributed by atoms with Crippen molar-refractivity contribution < 1.29 is 4.48 Å². The standard InChI is InChI=1S/C30H38N/c1-2-3-4-5-6-7-17-24-31(25-28-18-11-8-12-19-28,26-29-20-13-9-14-21-29)27-30-22-15-10-16-23-30/h4-5,8-16,18-23H,2-3,6-7,17,24-27H2,1H3/q+1/b5-4+. The molecule has 0 unspecified atom stereocenters. The largest absolute Gasteiger partial charge is 0.312 e. The van der Waals surface area contributed by atoms with E-state index in [1.54, 1.807) is 0 Å². The lowest BCUT2D eigenvalue weighted by Crippen LogP contribution is -2.46. The molecule has 0 radical (unpaired) electrons. The molecule has 0 bridgehead atoms. The predicted molar refractivity (Wildman–Crippen MR) is 133 cm³/mol. The van der Waals surface area contributed by atoms with Crippen molar-refractivity contribution in [2.75, 3.05) is 6.54 Å². The van der Waals surface area contributed by atoms with E-state index >= 15 is 0 Å². The summed E-state index contributed by atoms with van der Waals surface area (Å²) < 4.78 is 1.07. The summed E-state index contributed by atoms with van der Waals surface area (Å²) in [6.07, 6.45) is 10.9. The summed E-state index contributed by atoms with van der Waals surface area (Å²) >= 11 is 0. The van der Waals surface area contributed by atoms with Gasteiger partial charge in [-0.2, -0.15) is 0 Å². The van der Waals surface area contributed by atoms with Crippen LogP contribution in [0.3, 0.4) is 0 Å². The molecular weight excluding hydrogens is 374 g/mol. The summed E-state index contributed by atoms with van der Waals surface area (Å²) in [6, 6.07) is 33.1. The maximum Gasteiger partial charge on any atom is 0.105 e.